The summed E-state index contributed by atoms with van der Waals surface area (Å²) >= 11 is 6.05. The molecule has 0 aliphatic rings. The summed E-state index contributed by atoms with van der Waals surface area (Å²) in [6.07, 6.45) is 0. The van der Waals surface area contributed by atoms with E-state index in [-0.39, 0.29) is 28.3 Å². The van der Waals surface area contributed by atoms with Gasteiger partial charge in [-0.3, -0.25) is 10.1 Å². The van der Waals surface area contributed by atoms with Crippen LogP contribution in [0.25, 0.3) is 0 Å². The molecule has 2 aromatic carbocycles. The van der Waals surface area contributed by atoms with Gasteiger partial charge in [0.05, 0.1) is 16.0 Å². The van der Waals surface area contributed by atoms with E-state index in [1.165, 1.54) is 6.07 Å². The Morgan fingerprint density at radius 3 is 2.48 bits per heavy atom. The van der Waals surface area contributed by atoms with E-state index in [2.05, 4.69) is 0 Å². The van der Waals surface area contributed by atoms with Crippen LogP contribution >= 0.6 is 11.6 Å². The second-order valence-electron chi connectivity index (χ2n) is 4.45. The van der Waals surface area contributed by atoms with Crippen molar-refractivity contribution in [3.8, 4) is 11.5 Å². The van der Waals surface area contributed by atoms with Crippen molar-refractivity contribution >= 4 is 17.3 Å². The minimum atomic E-state index is -0.837. The number of benzene rings is 2. The number of nitro benzene ring substituents is 1. The summed E-state index contributed by atoms with van der Waals surface area (Å²) in [5.41, 5.74) is 6.20. The molecule has 0 radical (unpaired) electrons. The first-order valence-electron chi connectivity index (χ1n) is 6.05. The van der Waals surface area contributed by atoms with E-state index in [4.69, 9.17) is 22.1 Å². The van der Waals surface area contributed by atoms with E-state index < -0.39 is 10.7 Å². The van der Waals surface area contributed by atoms with Crippen molar-refractivity contribution in [2.24, 2.45) is 5.73 Å². The van der Waals surface area contributed by atoms with E-state index in [1.54, 1.807) is 18.2 Å². The Balaban J connectivity index is 2.28. The lowest BCUT2D eigenvalue weighted by Crippen LogP contribution is -2.04. The van der Waals surface area contributed by atoms with Gasteiger partial charge in [-0.2, -0.15) is 0 Å². The molecule has 1 atom stereocenters. The lowest BCUT2D eigenvalue weighted by Gasteiger charge is -2.11. The second-order valence-corrected chi connectivity index (χ2v) is 4.86. The molecule has 0 aliphatic carbocycles. The van der Waals surface area contributed by atoms with Crippen molar-refractivity contribution in [1.82, 2.24) is 0 Å². The predicted molar refractivity (Wildman–Crippen MR) is 77.2 cm³/mol. The fourth-order valence-corrected chi connectivity index (χ4v) is 1.92. The van der Waals surface area contributed by atoms with Gasteiger partial charge in [-0.25, -0.2) is 4.39 Å². The van der Waals surface area contributed by atoms with Crippen LogP contribution in [0, 0.1) is 15.9 Å². The number of nitro groups is 1. The van der Waals surface area contributed by atoms with Crippen molar-refractivity contribution in [2.75, 3.05) is 0 Å². The Hall–Kier alpha value is -2.18. The Morgan fingerprint density at radius 2 is 1.95 bits per heavy atom. The lowest BCUT2D eigenvalue weighted by atomic mass is 10.1. The summed E-state index contributed by atoms with van der Waals surface area (Å²) in [7, 11) is 0. The van der Waals surface area contributed by atoms with Gasteiger partial charge in [-0.15, -0.1) is 0 Å². The van der Waals surface area contributed by atoms with Crippen LogP contribution in [0.1, 0.15) is 18.5 Å². The minimum Gasteiger partial charge on any atom is -0.453 e. The van der Waals surface area contributed by atoms with Crippen molar-refractivity contribution in [1.29, 1.82) is 0 Å². The van der Waals surface area contributed by atoms with Gasteiger partial charge in [-0.05, 0) is 30.7 Å². The molecule has 0 bridgehead atoms. The van der Waals surface area contributed by atoms with Crippen LogP contribution < -0.4 is 10.5 Å². The van der Waals surface area contributed by atoms with Crippen LogP contribution in [0.2, 0.25) is 5.02 Å². The van der Waals surface area contributed by atoms with Gasteiger partial charge in [0.25, 0.3) is 5.69 Å². The summed E-state index contributed by atoms with van der Waals surface area (Å²) < 4.78 is 19.1. The predicted octanol–water partition coefficient (Wildman–Crippen LogP) is 4.20. The average Bonchev–Trinajstić information content (AvgIpc) is 2.42. The molecular formula is C14H12ClFN2O3. The molecule has 0 aliphatic heterocycles. The molecule has 0 saturated carbocycles. The van der Waals surface area contributed by atoms with Crippen LogP contribution in [-0.4, -0.2) is 4.92 Å². The van der Waals surface area contributed by atoms with Crippen molar-refractivity contribution in [3.63, 3.8) is 0 Å². The lowest BCUT2D eigenvalue weighted by molar-refractivity contribution is -0.385. The van der Waals surface area contributed by atoms with Crippen molar-refractivity contribution in [2.45, 2.75) is 13.0 Å². The Bertz CT molecular complexity index is 692. The molecule has 0 heterocycles. The van der Waals surface area contributed by atoms with Crippen molar-refractivity contribution < 1.29 is 14.1 Å². The zero-order chi connectivity index (χ0) is 15.6. The van der Waals surface area contributed by atoms with E-state index in [9.17, 15) is 14.5 Å². The number of non-ortho nitro benzene ring substituents is 1. The highest BCUT2D eigenvalue weighted by Gasteiger charge is 2.14. The molecule has 0 aromatic heterocycles. The number of nitrogens with two attached hydrogens (primary N) is 1. The second kappa shape index (κ2) is 6.07. The van der Waals surface area contributed by atoms with E-state index >= 15 is 0 Å². The normalized spacial score (nSPS) is 12.0. The third-order valence-electron chi connectivity index (χ3n) is 2.83. The van der Waals surface area contributed by atoms with Crippen LogP contribution in [0.15, 0.2) is 36.4 Å². The first-order valence-corrected chi connectivity index (χ1v) is 6.43. The number of hydrogen-bond donors (Lipinski definition) is 1. The molecule has 2 rings (SSSR count). The van der Waals surface area contributed by atoms with E-state index in [1.807, 2.05) is 6.92 Å². The number of nitrogens with zero attached hydrogens (tertiary/aromatic N) is 1. The number of halogens is 2. The van der Waals surface area contributed by atoms with Gasteiger partial charge in [0, 0.05) is 12.1 Å². The third-order valence-corrected chi connectivity index (χ3v) is 3.12. The number of ether oxygens (including phenoxy) is 1. The molecule has 0 fully saturated rings. The van der Waals surface area contributed by atoms with Crippen LogP contribution in [-0.2, 0) is 0 Å². The molecule has 0 amide bonds. The fourth-order valence-electron chi connectivity index (χ4n) is 1.69. The largest absolute Gasteiger partial charge is 0.453 e. The van der Waals surface area contributed by atoms with Gasteiger partial charge in [0.1, 0.15) is 5.75 Å². The zero-order valence-electron chi connectivity index (χ0n) is 11.0. The Labute approximate surface area is 125 Å². The molecule has 21 heavy (non-hydrogen) atoms. The zero-order valence-corrected chi connectivity index (χ0v) is 11.8. The smallest absolute Gasteiger partial charge is 0.272 e. The summed E-state index contributed by atoms with van der Waals surface area (Å²) in [5, 5.41) is 10.8. The van der Waals surface area contributed by atoms with Gasteiger partial charge >= 0.3 is 0 Å². The van der Waals surface area contributed by atoms with E-state index in [0.29, 0.717) is 0 Å². The Kier molecular flexibility index (Phi) is 4.40. The molecule has 7 heteroatoms. The minimum absolute atomic E-state index is 0.143. The molecule has 0 saturated heterocycles. The summed E-state index contributed by atoms with van der Waals surface area (Å²) in [5.74, 6) is -0.735. The van der Waals surface area contributed by atoms with Crippen LogP contribution in [0.5, 0.6) is 11.5 Å². The highest BCUT2D eigenvalue weighted by Crippen LogP contribution is 2.33. The first-order chi connectivity index (χ1) is 9.88. The van der Waals surface area contributed by atoms with Gasteiger partial charge in [-0.1, -0.05) is 17.7 Å². The highest BCUT2D eigenvalue weighted by atomic mass is 35.5. The maximum atomic E-state index is 13.7. The number of rotatable bonds is 4. The van der Waals surface area contributed by atoms with Gasteiger partial charge in [0.15, 0.2) is 11.6 Å². The third kappa shape index (κ3) is 3.48. The molecule has 2 aromatic rings. The highest BCUT2D eigenvalue weighted by molar-refractivity contribution is 6.32. The summed E-state index contributed by atoms with van der Waals surface area (Å²) in [6, 6.07) is 7.86. The Morgan fingerprint density at radius 1 is 1.29 bits per heavy atom. The molecule has 110 valence electrons. The van der Waals surface area contributed by atoms with Gasteiger partial charge in [0.2, 0.25) is 0 Å². The fraction of sp³-hybridized carbons (Fsp3) is 0.143. The summed E-state index contributed by atoms with van der Waals surface area (Å²) in [6.45, 7) is 1.81. The maximum absolute atomic E-state index is 13.7. The summed E-state index contributed by atoms with van der Waals surface area (Å²) in [4.78, 5) is 9.86. The standard InChI is InChI=1S/C14H12ClFN2O3/c1-8(17)9-2-4-13(11(15)6-9)21-14-5-3-10(18(19)20)7-12(14)16/h2-8H,17H2,1H3/t8-/m1/s1. The van der Waals surface area contributed by atoms with Gasteiger partial charge < -0.3 is 10.5 Å². The quantitative estimate of drug-likeness (QED) is 0.678. The van der Waals surface area contributed by atoms with E-state index in [0.717, 1.165) is 17.7 Å². The SMILES string of the molecule is C[C@@H](N)c1ccc(Oc2ccc([N+](=O)[O-])cc2F)c(Cl)c1. The maximum Gasteiger partial charge on any atom is 0.272 e. The topological polar surface area (TPSA) is 78.4 Å². The van der Waals surface area contributed by atoms with Crippen LogP contribution in [0.4, 0.5) is 10.1 Å². The average molecular weight is 311 g/mol. The molecule has 2 N–H and O–H groups in total. The number of hydrogen-bond acceptors (Lipinski definition) is 4. The molecule has 5 nitrogen and oxygen atoms in total. The monoisotopic (exact) mass is 310 g/mol. The molecular weight excluding hydrogens is 299 g/mol. The molecule has 0 spiro atoms. The first kappa shape index (κ1) is 15.2. The van der Waals surface area contributed by atoms with Crippen molar-refractivity contribution in [3.05, 3.63) is 62.9 Å². The molecule has 0 unspecified atom stereocenters. The van der Waals surface area contributed by atoms with Crippen LogP contribution in [0.3, 0.4) is 0 Å².